The Morgan fingerprint density at radius 2 is 2.36 bits per heavy atom. The van der Waals surface area contributed by atoms with E-state index >= 15 is 0 Å². The monoisotopic (exact) mass is 152 g/mol. The van der Waals surface area contributed by atoms with Crippen LogP contribution in [0.3, 0.4) is 0 Å². The summed E-state index contributed by atoms with van der Waals surface area (Å²) < 4.78 is 0. The van der Waals surface area contributed by atoms with Gasteiger partial charge in [-0.05, 0) is 13.0 Å². The first-order valence-corrected chi connectivity index (χ1v) is 3.47. The number of hydrogen-bond acceptors (Lipinski definition) is 4. The average Bonchev–Trinajstić information content (AvgIpc) is 2.04. The van der Waals surface area contributed by atoms with Crippen molar-refractivity contribution >= 4 is 11.4 Å². The molecule has 4 N–H and O–H groups in total. The predicted octanol–water partition coefficient (Wildman–Crippen LogP) is 0.364. The zero-order valence-electron chi connectivity index (χ0n) is 6.49. The van der Waals surface area contributed by atoms with Crippen LogP contribution in [0.2, 0.25) is 0 Å². The molecule has 0 aliphatic carbocycles. The maximum Gasteiger partial charge on any atom is 0.0930 e. The fourth-order valence-electron chi connectivity index (χ4n) is 0.807. The van der Waals surface area contributed by atoms with Gasteiger partial charge in [0.25, 0.3) is 0 Å². The van der Waals surface area contributed by atoms with E-state index in [-0.39, 0.29) is 0 Å². The van der Waals surface area contributed by atoms with Crippen LogP contribution in [-0.4, -0.2) is 11.5 Å². The van der Waals surface area contributed by atoms with E-state index in [1.807, 2.05) is 6.92 Å². The largest absolute Gasteiger partial charge is 0.397 e. The SMILES string of the molecule is CCN(N)c1cnccc1N. The number of hydrazine groups is 1. The smallest absolute Gasteiger partial charge is 0.0930 e. The summed E-state index contributed by atoms with van der Waals surface area (Å²) in [4.78, 5) is 3.91. The van der Waals surface area contributed by atoms with Gasteiger partial charge in [-0.2, -0.15) is 0 Å². The van der Waals surface area contributed by atoms with Crippen LogP contribution in [-0.2, 0) is 0 Å². The van der Waals surface area contributed by atoms with Gasteiger partial charge < -0.3 is 10.7 Å². The maximum atomic E-state index is 5.64. The lowest BCUT2D eigenvalue weighted by Gasteiger charge is -2.16. The van der Waals surface area contributed by atoms with Crippen molar-refractivity contribution in [3.05, 3.63) is 18.5 Å². The van der Waals surface area contributed by atoms with Crippen molar-refractivity contribution in [1.82, 2.24) is 4.98 Å². The molecule has 0 aliphatic heterocycles. The van der Waals surface area contributed by atoms with E-state index in [9.17, 15) is 0 Å². The van der Waals surface area contributed by atoms with E-state index in [1.165, 1.54) is 0 Å². The van der Waals surface area contributed by atoms with E-state index in [1.54, 1.807) is 23.5 Å². The third-order valence-corrected chi connectivity index (χ3v) is 1.48. The van der Waals surface area contributed by atoms with Crippen LogP contribution in [0, 0.1) is 0 Å². The highest BCUT2D eigenvalue weighted by molar-refractivity contribution is 5.64. The Hall–Kier alpha value is -1.29. The van der Waals surface area contributed by atoms with Crippen LogP contribution < -0.4 is 16.6 Å². The van der Waals surface area contributed by atoms with Crippen molar-refractivity contribution in [1.29, 1.82) is 0 Å². The molecule has 1 heterocycles. The maximum absolute atomic E-state index is 5.64. The highest BCUT2D eigenvalue weighted by atomic mass is 15.4. The Morgan fingerprint density at radius 3 is 2.91 bits per heavy atom. The van der Waals surface area contributed by atoms with Gasteiger partial charge in [0.15, 0.2) is 0 Å². The quantitative estimate of drug-likeness (QED) is 0.474. The lowest BCUT2D eigenvalue weighted by molar-refractivity contribution is 0.889. The van der Waals surface area contributed by atoms with Gasteiger partial charge in [0, 0.05) is 12.7 Å². The summed E-state index contributed by atoms with van der Waals surface area (Å²) in [6.07, 6.45) is 3.29. The fraction of sp³-hybridized carbons (Fsp3) is 0.286. The molecule has 0 atom stereocenters. The molecule has 0 fully saturated rings. The minimum atomic E-state index is 0.657. The van der Waals surface area contributed by atoms with E-state index in [4.69, 9.17) is 11.6 Å². The van der Waals surface area contributed by atoms with Crippen LogP contribution in [0.4, 0.5) is 11.4 Å². The number of nitrogens with two attached hydrogens (primary N) is 2. The number of pyridine rings is 1. The van der Waals surface area contributed by atoms with Gasteiger partial charge in [0.2, 0.25) is 0 Å². The molecule has 0 aromatic carbocycles. The number of hydrogen-bond donors (Lipinski definition) is 2. The van der Waals surface area contributed by atoms with Crippen LogP contribution in [0.5, 0.6) is 0 Å². The molecular formula is C7H12N4. The van der Waals surface area contributed by atoms with Gasteiger partial charge in [-0.3, -0.25) is 4.98 Å². The van der Waals surface area contributed by atoms with Gasteiger partial charge in [-0.15, -0.1) is 0 Å². The summed E-state index contributed by atoms with van der Waals surface area (Å²) in [5, 5.41) is 1.56. The normalized spacial score (nSPS) is 9.64. The van der Waals surface area contributed by atoms with Gasteiger partial charge in [-0.25, -0.2) is 5.84 Å². The van der Waals surface area contributed by atoms with Crippen LogP contribution in [0.1, 0.15) is 6.92 Å². The topological polar surface area (TPSA) is 68.2 Å². The molecule has 0 saturated carbocycles. The standard InChI is InChI=1S/C7H12N4/c1-2-11(9)7-5-10-4-3-6(7)8/h3-5H,2,9H2,1H3,(H2,8,10). The Morgan fingerprint density at radius 1 is 1.64 bits per heavy atom. The number of nitrogens with zero attached hydrogens (tertiary/aromatic N) is 2. The molecule has 1 rings (SSSR count). The van der Waals surface area contributed by atoms with Gasteiger partial charge in [0.1, 0.15) is 0 Å². The van der Waals surface area contributed by atoms with Gasteiger partial charge in [0.05, 0.1) is 17.6 Å². The molecule has 0 unspecified atom stereocenters. The first-order valence-electron chi connectivity index (χ1n) is 3.47. The molecular weight excluding hydrogens is 140 g/mol. The van der Waals surface area contributed by atoms with E-state index in [2.05, 4.69) is 4.98 Å². The summed E-state index contributed by atoms with van der Waals surface area (Å²) in [6.45, 7) is 2.67. The van der Waals surface area contributed by atoms with E-state index < -0.39 is 0 Å². The zero-order valence-corrected chi connectivity index (χ0v) is 6.49. The minimum Gasteiger partial charge on any atom is -0.397 e. The molecule has 4 nitrogen and oxygen atoms in total. The fourth-order valence-corrected chi connectivity index (χ4v) is 0.807. The lowest BCUT2D eigenvalue weighted by atomic mass is 10.3. The average molecular weight is 152 g/mol. The Balaban J connectivity index is 2.93. The van der Waals surface area contributed by atoms with E-state index in [0.29, 0.717) is 5.69 Å². The van der Waals surface area contributed by atoms with Gasteiger partial charge >= 0.3 is 0 Å². The minimum absolute atomic E-state index is 0.657. The molecule has 60 valence electrons. The third-order valence-electron chi connectivity index (χ3n) is 1.48. The molecule has 0 bridgehead atoms. The molecule has 4 heteroatoms. The summed E-state index contributed by atoms with van der Waals surface area (Å²) in [5.74, 6) is 5.61. The summed E-state index contributed by atoms with van der Waals surface area (Å²) in [5.41, 5.74) is 7.07. The number of aromatic nitrogens is 1. The summed E-state index contributed by atoms with van der Waals surface area (Å²) in [6, 6.07) is 1.73. The molecule has 0 aliphatic rings. The number of rotatable bonds is 2. The second-order valence-electron chi connectivity index (χ2n) is 2.22. The molecule has 0 radical (unpaired) electrons. The Kier molecular flexibility index (Phi) is 2.28. The molecule has 0 spiro atoms. The van der Waals surface area contributed by atoms with Crippen molar-refractivity contribution in [3.63, 3.8) is 0 Å². The molecule has 0 saturated heterocycles. The molecule has 11 heavy (non-hydrogen) atoms. The first kappa shape index (κ1) is 7.81. The predicted molar refractivity (Wildman–Crippen MR) is 45.9 cm³/mol. The molecule has 1 aromatic rings. The van der Waals surface area contributed by atoms with Crippen LogP contribution >= 0.6 is 0 Å². The Bertz CT molecular complexity index is 236. The van der Waals surface area contributed by atoms with Crippen molar-refractivity contribution in [2.24, 2.45) is 5.84 Å². The van der Waals surface area contributed by atoms with E-state index in [0.717, 1.165) is 12.2 Å². The van der Waals surface area contributed by atoms with Crippen molar-refractivity contribution in [2.45, 2.75) is 6.92 Å². The lowest BCUT2D eigenvalue weighted by Crippen LogP contribution is -2.30. The van der Waals surface area contributed by atoms with Crippen LogP contribution in [0.25, 0.3) is 0 Å². The number of anilines is 2. The molecule has 0 amide bonds. The highest BCUT2D eigenvalue weighted by Gasteiger charge is 2.01. The third kappa shape index (κ3) is 1.59. The Labute approximate surface area is 65.8 Å². The molecule has 1 aromatic heterocycles. The summed E-state index contributed by atoms with van der Waals surface area (Å²) >= 11 is 0. The first-order chi connectivity index (χ1) is 5.25. The number of nitrogen functional groups attached to an aromatic ring is 1. The zero-order chi connectivity index (χ0) is 8.27. The van der Waals surface area contributed by atoms with Crippen molar-refractivity contribution < 1.29 is 0 Å². The highest BCUT2D eigenvalue weighted by Crippen LogP contribution is 2.17. The van der Waals surface area contributed by atoms with Gasteiger partial charge in [-0.1, -0.05) is 0 Å². The van der Waals surface area contributed by atoms with Crippen molar-refractivity contribution in [3.8, 4) is 0 Å². The van der Waals surface area contributed by atoms with Crippen molar-refractivity contribution in [2.75, 3.05) is 17.3 Å². The second kappa shape index (κ2) is 3.21. The second-order valence-corrected chi connectivity index (χ2v) is 2.22. The van der Waals surface area contributed by atoms with Crippen LogP contribution in [0.15, 0.2) is 18.5 Å². The summed E-state index contributed by atoms with van der Waals surface area (Å²) in [7, 11) is 0.